The van der Waals surface area contributed by atoms with Gasteiger partial charge in [0.05, 0.1) is 5.56 Å². The Kier molecular flexibility index (Phi) is 8.54. The van der Waals surface area contributed by atoms with Crippen molar-refractivity contribution in [3.63, 3.8) is 0 Å². The van der Waals surface area contributed by atoms with Gasteiger partial charge in [0.2, 0.25) is 0 Å². The van der Waals surface area contributed by atoms with E-state index in [0.717, 1.165) is 5.69 Å². The first-order chi connectivity index (χ1) is 10.2. The molecule has 8 heteroatoms. The van der Waals surface area contributed by atoms with E-state index >= 15 is 0 Å². The molecule has 0 aliphatic rings. The van der Waals surface area contributed by atoms with Crippen molar-refractivity contribution in [3.05, 3.63) is 23.5 Å². The fourth-order valence-corrected chi connectivity index (χ4v) is 1.74. The zero-order valence-electron chi connectivity index (χ0n) is 13.3. The molecule has 1 aromatic rings. The number of aliphatic carboxylic acids is 1. The smallest absolute Gasteiger partial charge is 0.323 e. The van der Waals surface area contributed by atoms with E-state index < -0.39 is 5.97 Å². The van der Waals surface area contributed by atoms with Crippen LogP contribution in [0.3, 0.4) is 0 Å². The molecule has 1 aromatic heterocycles. The molecule has 0 aromatic carbocycles. The van der Waals surface area contributed by atoms with Crippen molar-refractivity contribution in [2.24, 2.45) is 7.05 Å². The topological polar surface area (TPSA) is 103 Å². The highest BCUT2D eigenvalue weighted by atomic mass is 16.4. The van der Waals surface area contributed by atoms with Gasteiger partial charge in [-0.1, -0.05) is 0 Å². The number of hydrogen-bond donors (Lipinski definition) is 2. The molecule has 1 heterocycles. The van der Waals surface area contributed by atoms with Crippen LogP contribution in [-0.2, 0) is 16.6 Å². The Morgan fingerprint density at radius 3 is 2.23 bits per heavy atom. The molecule has 0 bridgehead atoms. The summed E-state index contributed by atoms with van der Waals surface area (Å²) in [7, 11) is 5.63. The number of amides is 1. The normalized spacial score (nSPS) is 9.86. The van der Waals surface area contributed by atoms with Crippen LogP contribution >= 0.6 is 0 Å². The van der Waals surface area contributed by atoms with E-state index in [1.807, 2.05) is 37.5 Å². The minimum absolute atomic E-state index is 0.234. The molecular formula is C14H23N3O5. The maximum atomic E-state index is 12.4. The lowest BCUT2D eigenvalue weighted by Crippen LogP contribution is -2.40. The van der Waals surface area contributed by atoms with Crippen LogP contribution in [0.25, 0.3) is 0 Å². The SMILES string of the molecule is Cc1c(C(=O)N(CCN(C)C)CC(=O)O)ccn1C.O=CO. The maximum Gasteiger partial charge on any atom is 0.323 e. The van der Waals surface area contributed by atoms with Gasteiger partial charge in [0.25, 0.3) is 12.4 Å². The minimum Gasteiger partial charge on any atom is -0.483 e. The number of aromatic nitrogens is 1. The summed E-state index contributed by atoms with van der Waals surface area (Å²) in [4.78, 5) is 34.9. The number of aryl methyl sites for hydroxylation is 1. The lowest BCUT2D eigenvalue weighted by molar-refractivity contribution is -0.137. The van der Waals surface area contributed by atoms with Crippen LogP contribution in [0.1, 0.15) is 16.1 Å². The summed E-state index contributed by atoms with van der Waals surface area (Å²) >= 11 is 0. The number of carbonyl (C=O) groups is 3. The number of likely N-dealkylation sites (N-methyl/N-ethyl adjacent to an activating group) is 1. The van der Waals surface area contributed by atoms with Crippen LogP contribution in [-0.4, -0.2) is 76.7 Å². The van der Waals surface area contributed by atoms with Crippen molar-refractivity contribution in [2.75, 3.05) is 33.7 Å². The van der Waals surface area contributed by atoms with Gasteiger partial charge in [-0.05, 0) is 27.1 Å². The Morgan fingerprint density at radius 2 is 1.86 bits per heavy atom. The Labute approximate surface area is 129 Å². The van der Waals surface area contributed by atoms with Crippen molar-refractivity contribution in [2.45, 2.75) is 6.92 Å². The molecule has 2 N–H and O–H groups in total. The lowest BCUT2D eigenvalue weighted by Gasteiger charge is -2.22. The van der Waals surface area contributed by atoms with Crippen molar-refractivity contribution in [3.8, 4) is 0 Å². The van der Waals surface area contributed by atoms with Gasteiger partial charge in [0.15, 0.2) is 0 Å². The van der Waals surface area contributed by atoms with Crippen molar-refractivity contribution in [1.29, 1.82) is 0 Å². The third-order valence-electron chi connectivity index (χ3n) is 3.04. The summed E-state index contributed by atoms with van der Waals surface area (Å²) in [6, 6.07) is 1.72. The molecule has 22 heavy (non-hydrogen) atoms. The molecule has 1 rings (SSSR count). The number of carboxylic acid groups (broad SMARTS) is 2. The highest BCUT2D eigenvalue weighted by Crippen LogP contribution is 2.11. The fraction of sp³-hybridized carbons (Fsp3) is 0.500. The van der Waals surface area contributed by atoms with Gasteiger partial charge in [-0.3, -0.25) is 14.4 Å². The predicted molar refractivity (Wildman–Crippen MR) is 80.9 cm³/mol. The molecule has 0 fully saturated rings. The standard InChI is InChI=1S/C13H21N3O3.CH2O2/c1-10-11(5-6-15(10)4)13(19)16(9-12(17)18)8-7-14(2)3;2-1-3/h5-6H,7-9H2,1-4H3,(H,17,18);1H,(H,2,3). The number of hydrogen-bond acceptors (Lipinski definition) is 4. The molecular weight excluding hydrogens is 290 g/mol. The summed E-state index contributed by atoms with van der Waals surface area (Å²) in [5.74, 6) is -1.23. The summed E-state index contributed by atoms with van der Waals surface area (Å²) in [6.07, 6.45) is 1.80. The second kappa shape index (κ2) is 9.56. The van der Waals surface area contributed by atoms with Crippen molar-refractivity contribution >= 4 is 18.3 Å². The van der Waals surface area contributed by atoms with Gasteiger partial charge in [0, 0.05) is 32.0 Å². The van der Waals surface area contributed by atoms with Crippen LogP contribution in [0.5, 0.6) is 0 Å². The molecule has 0 saturated heterocycles. The van der Waals surface area contributed by atoms with Crippen LogP contribution in [0, 0.1) is 6.92 Å². The molecule has 1 amide bonds. The van der Waals surface area contributed by atoms with E-state index in [4.69, 9.17) is 15.0 Å². The summed E-state index contributed by atoms with van der Waals surface area (Å²) in [6.45, 7) is 2.34. The first-order valence-electron chi connectivity index (χ1n) is 6.60. The van der Waals surface area contributed by atoms with Gasteiger partial charge in [0.1, 0.15) is 6.54 Å². The Bertz CT molecular complexity index is 511. The monoisotopic (exact) mass is 313 g/mol. The molecule has 0 spiro atoms. The summed E-state index contributed by atoms with van der Waals surface area (Å²) < 4.78 is 1.85. The van der Waals surface area contributed by atoms with Gasteiger partial charge in [-0.2, -0.15) is 0 Å². The molecule has 0 radical (unpaired) electrons. The fourth-order valence-electron chi connectivity index (χ4n) is 1.74. The second-order valence-corrected chi connectivity index (χ2v) is 4.95. The average Bonchev–Trinajstić information content (AvgIpc) is 2.74. The summed E-state index contributed by atoms with van der Waals surface area (Å²) in [5.41, 5.74) is 1.40. The number of nitrogens with zero attached hydrogens (tertiary/aromatic N) is 3. The van der Waals surface area contributed by atoms with Crippen molar-refractivity contribution in [1.82, 2.24) is 14.4 Å². The van der Waals surface area contributed by atoms with Gasteiger partial charge in [-0.25, -0.2) is 0 Å². The Hall–Kier alpha value is -2.35. The molecule has 0 unspecified atom stereocenters. The first kappa shape index (κ1) is 19.7. The molecule has 0 saturated carbocycles. The van der Waals surface area contributed by atoms with E-state index in [1.165, 1.54) is 4.90 Å². The average molecular weight is 313 g/mol. The predicted octanol–water partition coefficient (Wildman–Crippen LogP) is 0.123. The number of rotatable bonds is 6. The van der Waals surface area contributed by atoms with Crippen LogP contribution < -0.4 is 0 Å². The van der Waals surface area contributed by atoms with Crippen molar-refractivity contribution < 1.29 is 24.6 Å². The molecule has 0 aliphatic carbocycles. The van der Waals surface area contributed by atoms with E-state index in [9.17, 15) is 9.59 Å². The van der Waals surface area contributed by atoms with Gasteiger partial charge in [-0.15, -0.1) is 0 Å². The van der Waals surface area contributed by atoms with E-state index in [1.54, 1.807) is 12.3 Å². The number of carbonyl (C=O) groups excluding carboxylic acids is 1. The van der Waals surface area contributed by atoms with E-state index in [-0.39, 0.29) is 18.9 Å². The molecule has 8 nitrogen and oxygen atoms in total. The second-order valence-electron chi connectivity index (χ2n) is 4.95. The Morgan fingerprint density at radius 1 is 1.32 bits per heavy atom. The zero-order valence-corrected chi connectivity index (χ0v) is 13.3. The van der Waals surface area contributed by atoms with Gasteiger partial charge < -0.3 is 24.6 Å². The third kappa shape index (κ3) is 6.40. The van der Waals surface area contributed by atoms with Gasteiger partial charge >= 0.3 is 5.97 Å². The van der Waals surface area contributed by atoms with E-state index in [2.05, 4.69) is 0 Å². The summed E-state index contributed by atoms with van der Waals surface area (Å²) in [5, 5.41) is 15.8. The molecule has 124 valence electrons. The number of carboxylic acids is 1. The van der Waals surface area contributed by atoms with Crippen LogP contribution in [0.15, 0.2) is 12.3 Å². The maximum absolute atomic E-state index is 12.4. The minimum atomic E-state index is -0.999. The molecule has 0 atom stereocenters. The third-order valence-corrected chi connectivity index (χ3v) is 3.04. The first-order valence-corrected chi connectivity index (χ1v) is 6.60. The largest absolute Gasteiger partial charge is 0.483 e. The lowest BCUT2D eigenvalue weighted by atomic mass is 10.2. The van der Waals surface area contributed by atoms with E-state index in [0.29, 0.717) is 18.7 Å². The van der Waals surface area contributed by atoms with Crippen LogP contribution in [0.4, 0.5) is 0 Å². The molecule has 0 aliphatic heterocycles. The quantitative estimate of drug-likeness (QED) is 0.723. The highest BCUT2D eigenvalue weighted by Gasteiger charge is 2.21. The zero-order chi connectivity index (χ0) is 17.3. The van der Waals surface area contributed by atoms with Crippen LogP contribution in [0.2, 0.25) is 0 Å². The highest BCUT2D eigenvalue weighted by molar-refractivity contribution is 5.96. The Balaban J connectivity index is 0.00000135.